The maximum absolute atomic E-state index is 13.7. The summed E-state index contributed by atoms with van der Waals surface area (Å²) in [4.78, 5) is 46.1. The Labute approximate surface area is 199 Å². The molecule has 3 amide bonds. The second-order valence-electron chi connectivity index (χ2n) is 9.40. The standard InChI is InChI=1S/C27H29N3O4/c31-23-17-27(18-34-25(29-27)20-12-6-2-7-13-20)26(33)30(23)22(16-19-10-4-1-5-11-19)24(32)28-21-14-8-3-9-15-21/h1-2,4-7,10-13,21-22H,3,8-9,14-18H2,(H,28,32)/t22-,27+/m0/s1. The van der Waals surface area contributed by atoms with Gasteiger partial charge in [-0.3, -0.25) is 19.3 Å². The van der Waals surface area contributed by atoms with E-state index in [-0.39, 0.29) is 37.3 Å². The third kappa shape index (κ3) is 4.34. The normalized spacial score (nSPS) is 23.6. The lowest BCUT2D eigenvalue weighted by Crippen LogP contribution is -2.54. The van der Waals surface area contributed by atoms with E-state index < -0.39 is 17.5 Å². The molecule has 0 aromatic heterocycles. The smallest absolute Gasteiger partial charge is 0.262 e. The number of ether oxygens (including phenoxy) is 1. The van der Waals surface area contributed by atoms with Crippen LogP contribution in [0.5, 0.6) is 0 Å². The average molecular weight is 460 g/mol. The van der Waals surface area contributed by atoms with Crippen molar-refractivity contribution in [2.45, 2.75) is 62.6 Å². The molecule has 0 radical (unpaired) electrons. The third-order valence-electron chi connectivity index (χ3n) is 6.95. The Hall–Kier alpha value is -3.48. The minimum absolute atomic E-state index is 0.000597. The van der Waals surface area contributed by atoms with Crippen LogP contribution in [0.15, 0.2) is 65.7 Å². The first-order valence-electron chi connectivity index (χ1n) is 12.0. The molecular formula is C27H29N3O4. The summed E-state index contributed by atoms with van der Waals surface area (Å²) in [6.07, 6.45) is 5.35. The molecule has 0 bridgehead atoms. The van der Waals surface area contributed by atoms with E-state index in [9.17, 15) is 14.4 Å². The lowest BCUT2D eigenvalue weighted by Gasteiger charge is -2.30. The fourth-order valence-corrected chi connectivity index (χ4v) is 5.12. The van der Waals surface area contributed by atoms with E-state index in [1.54, 1.807) is 0 Å². The van der Waals surface area contributed by atoms with Crippen molar-refractivity contribution >= 4 is 23.6 Å². The van der Waals surface area contributed by atoms with Gasteiger partial charge >= 0.3 is 0 Å². The van der Waals surface area contributed by atoms with Crippen LogP contribution in [0, 0.1) is 0 Å². The lowest BCUT2D eigenvalue weighted by atomic mass is 9.94. The molecule has 1 aliphatic carbocycles. The molecule has 1 saturated carbocycles. The SMILES string of the molecule is O=C(NC1CCCCC1)[C@H](Cc1ccccc1)N1C(=O)C[C@@]2(COC(c3ccccc3)=N2)C1=O. The molecule has 7 heteroatoms. The molecule has 2 atom stereocenters. The van der Waals surface area contributed by atoms with Crippen LogP contribution in [-0.4, -0.2) is 52.7 Å². The van der Waals surface area contributed by atoms with E-state index in [1.165, 1.54) is 6.42 Å². The van der Waals surface area contributed by atoms with E-state index in [0.717, 1.165) is 41.7 Å². The number of amides is 3. The fourth-order valence-electron chi connectivity index (χ4n) is 5.12. The zero-order chi connectivity index (χ0) is 23.5. The summed E-state index contributed by atoms with van der Waals surface area (Å²) >= 11 is 0. The molecule has 1 saturated heterocycles. The maximum atomic E-state index is 13.7. The Bertz CT molecular complexity index is 1100. The number of hydrogen-bond donors (Lipinski definition) is 1. The summed E-state index contributed by atoms with van der Waals surface area (Å²) in [5.74, 6) is -0.759. The highest BCUT2D eigenvalue weighted by atomic mass is 16.5. The Kier molecular flexibility index (Phi) is 6.18. The highest BCUT2D eigenvalue weighted by Gasteiger charge is 2.58. The number of carbonyl (C=O) groups is 3. The Morgan fingerprint density at radius 1 is 1.03 bits per heavy atom. The van der Waals surface area contributed by atoms with Gasteiger partial charge in [0.2, 0.25) is 17.7 Å². The number of aliphatic imine (C=N–C) groups is 1. The van der Waals surface area contributed by atoms with Crippen LogP contribution in [-0.2, 0) is 25.5 Å². The first-order chi connectivity index (χ1) is 16.6. The second-order valence-corrected chi connectivity index (χ2v) is 9.40. The minimum atomic E-state index is -1.30. The Morgan fingerprint density at radius 2 is 1.71 bits per heavy atom. The van der Waals surface area contributed by atoms with Crippen molar-refractivity contribution in [1.29, 1.82) is 0 Å². The minimum Gasteiger partial charge on any atom is -0.474 e. The summed E-state index contributed by atoms with van der Waals surface area (Å²) in [7, 11) is 0. The first-order valence-corrected chi connectivity index (χ1v) is 12.0. The average Bonchev–Trinajstić information content (AvgIpc) is 3.40. The fraction of sp³-hybridized carbons (Fsp3) is 0.407. The zero-order valence-electron chi connectivity index (χ0n) is 19.1. The van der Waals surface area contributed by atoms with Gasteiger partial charge in [0.25, 0.3) is 5.91 Å². The van der Waals surface area contributed by atoms with Gasteiger partial charge in [0.05, 0.1) is 6.42 Å². The molecule has 2 aliphatic heterocycles. The van der Waals surface area contributed by atoms with Gasteiger partial charge in [0, 0.05) is 18.0 Å². The van der Waals surface area contributed by atoms with Crippen molar-refractivity contribution in [3.8, 4) is 0 Å². The van der Waals surface area contributed by atoms with Gasteiger partial charge in [-0.15, -0.1) is 0 Å². The van der Waals surface area contributed by atoms with E-state index >= 15 is 0 Å². The molecule has 3 aliphatic rings. The zero-order valence-corrected chi connectivity index (χ0v) is 19.1. The molecule has 2 heterocycles. The Balaban J connectivity index is 1.42. The van der Waals surface area contributed by atoms with Gasteiger partial charge in [-0.05, 0) is 30.5 Å². The van der Waals surface area contributed by atoms with Crippen LogP contribution >= 0.6 is 0 Å². The van der Waals surface area contributed by atoms with Crippen LogP contribution in [0.1, 0.15) is 49.7 Å². The van der Waals surface area contributed by atoms with Crippen molar-refractivity contribution in [3.05, 3.63) is 71.8 Å². The van der Waals surface area contributed by atoms with Gasteiger partial charge < -0.3 is 10.1 Å². The van der Waals surface area contributed by atoms with E-state index in [0.29, 0.717) is 5.90 Å². The molecule has 2 aromatic carbocycles. The van der Waals surface area contributed by atoms with E-state index in [4.69, 9.17) is 4.74 Å². The quantitative estimate of drug-likeness (QED) is 0.673. The lowest BCUT2D eigenvalue weighted by molar-refractivity contribution is -0.148. The predicted molar refractivity (Wildman–Crippen MR) is 127 cm³/mol. The highest BCUT2D eigenvalue weighted by molar-refractivity contribution is 6.13. The van der Waals surface area contributed by atoms with Crippen molar-refractivity contribution in [1.82, 2.24) is 10.2 Å². The highest BCUT2D eigenvalue weighted by Crippen LogP contribution is 2.35. The summed E-state index contributed by atoms with van der Waals surface area (Å²) in [6, 6.07) is 18.0. The monoisotopic (exact) mass is 459 g/mol. The van der Waals surface area contributed by atoms with Crippen LogP contribution < -0.4 is 5.32 Å². The molecule has 176 valence electrons. The summed E-state index contributed by atoms with van der Waals surface area (Å²) < 4.78 is 5.77. The van der Waals surface area contributed by atoms with Crippen molar-refractivity contribution in [2.24, 2.45) is 4.99 Å². The molecule has 2 fully saturated rings. The molecule has 7 nitrogen and oxygen atoms in total. The number of imide groups is 1. The van der Waals surface area contributed by atoms with Gasteiger partial charge in [-0.1, -0.05) is 67.8 Å². The van der Waals surface area contributed by atoms with Crippen LogP contribution in [0.3, 0.4) is 0 Å². The number of rotatable bonds is 6. The van der Waals surface area contributed by atoms with Crippen molar-refractivity contribution in [2.75, 3.05) is 6.61 Å². The number of carbonyl (C=O) groups excluding carboxylic acids is 3. The molecule has 2 aromatic rings. The third-order valence-corrected chi connectivity index (χ3v) is 6.95. The van der Waals surface area contributed by atoms with Gasteiger partial charge in [0.1, 0.15) is 12.6 Å². The van der Waals surface area contributed by atoms with Crippen LogP contribution in [0.25, 0.3) is 0 Å². The van der Waals surface area contributed by atoms with Crippen molar-refractivity contribution < 1.29 is 19.1 Å². The summed E-state index contributed by atoms with van der Waals surface area (Å²) in [6.45, 7) is 0.000597. The Morgan fingerprint density at radius 3 is 2.41 bits per heavy atom. The molecule has 0 unspecified atom stereocenters. The largest absolute Gasteiger partial charge is 0.474 e. The van der Waals surface area contributed by atoms with Gasteiger partial charge in [-0.2, -0.15) is 0 Å². The molecule has 5 rings (SSSR count). The van der Waals surface area contributed by atoms with Crippen LogP contribution in [0.4, 0.5) is 0 Å². The van der Waals surface area contributed by atoms with E-state index in [2.05, 4.69) is 10.3 Å². The number of hydrogen-bond acceptors (Lipinski definition) is 5. The number of nitrogens with one attached hydrogen (secondary N) is 1. The molecular weight excluding hydrogens is 430 g/mol. The second kappa shape index (κ2) is 9.41. The molecule has 1 N–H and O–H groups in total. The molecule has 1 spiro atoms. The topological polar surface area (TPSA) is 88.1 Å². The summed E-state index contributed by atoms with van der Waals surface area (Å²) in [5, 5.41) is 3.12. The van der Waals surface area contributed by atoms with E-state index in [1.807, 2.05) is 60.7 Å². The van der Waals surface area contributed by atoms with Gasteiger partial charge in [-0.25, -0.2) is 4.99 Å². The number of likely N-dealkylation sites (tertiary alicyclic amines) is 1. The molecule has 34 heavy (non-hydrogen) atoms. The van der Waals surface area contributed by atoms with Crippen molar-refractivity contribution in [3.63, 3.8) is 0 Å². The van der Waals surface area contributed by atoms with Gasteiger partial charge in [0.15, 0.2) is 5.54 Å². The number of nitrogens with zero attached hydrogens (tertiary/aromatic N) is 2. The maximum Gasteiger partial charge on any atom is 0.262 e. The van der Waals surface area contributed by atoms with Crippen LogP contribution in [0.2, 0.25) is 0 Å². The predicted octanol–water partition coefficient (Wildman–Crippen LogP) is 3.02. The summed E-state index contributed by atoms with van der Waals surface area (Å²) in [5.41, 5.74) is 0.348. The number of benzene rings is 2. The first kappa shape index (κ1) is 22.3.